The smallest absolute Gasteiger partial charge is 0.258 e. The molecule has 0 bridgehead atoms. The molecule has 2 aliphatic heterocycles. The molecule has 9 heteroatoms. The van der Waals surface area contributed by atoms with Gasteiger partial charge in [-0.15, -0.1) is 5.10 Å². The normalized spacial score (nSPS) is 24.1. The summed E-state index contributed by atoms with van der Waals surface area (Å²) in [5.41, 5.74) is 0.721. The van der Waals surface area contributed by atoms with Crippen molar-refractivity contribution in [2.45, 2.75) is 30.9 Å². The number of rotatable bonds is 8. The van der Waals surface area contributed by atoms with Gasteiger partial charge in [0.25, 0.3) is 5.91 Å². The molecule has 32 heavy (non-hydrogen) atoms. The van der Waals surface area contributed by atoms with Gasteiger partial charge >= 0.3 is 0 Å². The molecule has 3 aromatic rings. The summed E-state index contributed by atoms with van der Waals surface area (Å²) in [4.78, 5) is 12.3. The first-order valence-electron chi connectivity index (χ1n) is 10.6. The van der Waals surface area contributed by atoms with E-state index in [1.165, 1.54) is 0 Å². The standard InChI is InChI=1S/C23H24N4O5/c28-21(15-30-18-9-5-2-6-10-18)24-19-13-31-23-20(14-32-22(19)23)27-11-16(25-26-27)12-29-17-7-3-1-4-8-17/h1-11,19-20,22-23H,12-15H2,(H,24,28). The van der Waals surface area contributed by atoms with E-state index in [4.69, 9.17) is 18.9 Å². The molecule has 9 nitrogen and oxygen atoms in total. The molecule has 5 rings (SSSR count). The van der Waals surface area contributed by atoms with E-state index in [1.54, 1.807) is 4.68 Å². The minimum atomic E-state index is -0.242. The van der Waals surface area contributed by atoms with Gasteiger partial charge in [-0.1, -0.05) is 41.6 Å². The lowest BCUT2D eigenvalue weighted by Gasteiger charge is -2.18. The largest absolute Gasteiger partial charge is 0.487 e. The van der Waals surface area contributed by atoms with E-state index in [0.29, 0.717) is 25.6 Å². The Morgan fingerprint density at radius 2 is 1.66 bits per heavy atom. The maximum atomic E-state index is 12.3. The first-order chi connectivity index (χ1) is 15.8. The maximum Gasteiger partial charge on any atom is 0.258 e. The number of hydrogen-bond donors (Lipinski definition) is 1. The Kier molecular flexibility index (Phi) is 6.00. The number of carbonyl (C=O) groups excluding carboxylic acids is 1. The lowest BCUT2D eigenvalue weighted by Crippen LogP contribution is -2.45. The number of aromatic nitrogens is 3. The fraction of sp³-hybridized carbons (Fsp3) is 0.348. The number of nitrogens with one attached hydrogen (secondary N) is 1. The summed E-state index contributed by atoms with van der Waals surface area (Å²) in [6.07, 6.45) is 1.40. The molecule has 0 radical (unpaired) electrons. The summed E-state index contributed by atoms with van der Waals surface area (Å²) >= 11 is 0. The van der Waals surface area contributed by atoms with Gasteiger partial charge < -0.3 is 24.3 Å². The average Bonchev–Trinajstić information content (AvgIpc) is 3.55. The monoisotopic (exact) mass is 436 g/mol. The van der Waals surface area contributed by atoms with E-state index < -0.39 is 0 Å². The minimum Gasteiger partial charge on any atom is -0.487 e. The summed E-state index contributed by atoms with van der Waals surface area (Å²) < 4.78 is 24.9. The third-order valence-electron chi connectivity index (χ3n) is 5.51. The van der Waals surface area contributed by atoms with Crippen molar-refractivity contribution in [2.75, 3.05) is 19.8 Å². The highest BCUT2D eigenvalue weighted by molar-refractivity contribution is 5.78. The minimum absolute atomic E-state index is 0.0603. The van der Waals surface area contributed by atoms with Crippen LogP contribution in [0.2, 0.25) is 0 Å². The van der Waals surface area contributed by atoms with E-state index in [1.807, 2.05) is 66.9 Å². The van der Waals surface area contributed by atoms with Crippen molar-refractivity contribution in [3.05, 3.63) is 72.6 Å². The molecule has 166 valence electrons. The topological polar surface area (TPSA) is 96.7 Å². The van der Waals surface area contributed by atoms with Crippen LogP contribution in [0.1, 0.15) is 11.7 Å². The fourth-order valence-electron chi connectivity index (χ4n) is 3.96. The molecule has 1 aromatic heterocycles. The molecule has 2 fully saturated rings. The summed E-state index contributed by atoms with van der Waals surface area (Å²) in [5, 5.41) is 11.4. The van der Waals surface area contributed by atoms with Crippen molar-refractivity contribution in [3.8, 4) is 11.5 Å². The summed E-state index contributed by atoms with van der Waals surface area (Å²) in [6, 6.07) is 18.5. The number of fused-ring (bicyclic) bond motifs is 1. The predicted octanol–water partition coefficient (Wildman–Crippen LogP) is 1.76. The third kappa shape index (κ3) is 4.58. The van der Waals surface area contributed by atoms with Crippen molar-refractivity contribution in [1.29, 1.82) is 0 Å². The highest BCUT2D eigenvalue weighted by Gasteiger charge is 2.49. The van der Waals surface area contributed by atoms with Gasteiger partial charge in [0.1, 0.15) is 42.0 Å². The summed E-state index contributed by atoms with van der Waals surface area (Å²) in [7, 11) is 0. The Morgan fingerprint density at radius 1 is 0.969 bits per heavy atom. The molecule has 0 aliphatic carbocycles. The SMILES string of the molecule is O=C(COc1ccccc1)NC1COC2C1OCC2n1cc(COc2ccccc2)nn1. The van der Waals surface area contributed by atoms with Gasteiger partial charge in [0.05, 0.1) is 25.5 Å². The number of carbonyl (C=O) groups is 1. The molecule has 0 spiro atoms. The van der Waals surface area contributed by atoms with Crippen molar-refractivity contribution >= 4 is 5.91 Å². The molecule has 0 saturated carbocycles. The van der Waals surface area contributed by atoms with Crippen LogP contribution in [0, 0.1) is 0 Å². The second-order valence-corrected chi connectivity index (χ2v) is 7.73. The Bertz CT molecular complexity index is 1030. The Hall–Kier alpha value is -3.43. The van der Waals surface area contributed by atoms with Crippen LogP contribution in [-0.2, 0) is 20.9 Å². The van der Waals surface area contributed by atoms with Crippen LogP contribution in [0.4, 0.5) is 0 Å². The van der Waals surface area contributed by atoms with Gasteiger partial charge in [0.15, 0.2) is 6.61 Å². The first kappa shape index (κ1) is 20.5. The number of ether oxygens (including phenoxy) is 4. The van der Waals surface area contributed by atoms with E-state index in [0.717, 1.165) is 11.4 Å². The molecule has 4 atom stereocenters. The van der Waals surface area contributed by atoms with Crippen molar-refractivity contribution < 1.29 is 23.7 Å². The third-order valence-corrected chi connectivity index (χ3v) is 5.51. The molecular weight excluding hydrogens is 412 g/mol. The van der Waals surface area contributed by atoms with Crippen molar-refractivity contribution in [1.82, 2.24) is 20.3 Å². The molecule has 1 N–H and O–H groups in total. The number of hydrogen-bond acceptors (Lipinski definition) is 7. The predicted molar refractivity (Wildman–Crippen MR) is 113 cm³/mol. The van der Waals surface area contributed by atoms with Gasteiger partial charge in [-0.25, -0.2) is 4.68 Å². The van der Waals surface area contributed by atoms with Crippen molar-refractivity contribution in [3.63, 3.8) is 0 Å². The van der Waals surface area contributed by atoms with E-state index in [2.05, 4.69) is 15.6 Å². The molecular formula is C23H24N4O5. The Balaban J connectivity index is 1.13. The summed E-state index contributed by atoms with van der Waals surface area (Å²) in [6.45, 7) is 1.08. The average molecular weight is 436 g/mol. The van der Waals surface area contributed by atoms with Gasteiger partial charge in [-0.2, -0.15) is 0 Å². The highest BCUT2D eigenvalue weighted by atomic mass is 16.6. The van der Waals surface area contributed by atoms with E-state index in [9.17, 15) is 4.79 Å². The number of benzene rings is 2. The fourth-order valence-corrected chi connectivity index (χ4v) is 3.96. The molecule has 1 amide bonds. The van der Waals surface area contributed by atoms with Gasteiger partial charge in [0, 0.05) is 0 Å². The number of nitrogens with zero attached hydrogens (tertiary/aromatic N) is 3. The van der Waals surface area contributed by atoms with Gasteiger partial charge in [-0.05, 0) is 24.3 Å². The first-order valence-corrected chi connectivity index (χ1v) is 10.6. The number of amides is 1. The summed E-state index contributed by atoms with van der Waals surface area (Å²) in [5.74, 6) is 1.22. The van der Waals surface area contributed by atoms with Crippen LogP contribution in [0.3, 0.4) is 0 Å². The van der Waals surface area contributed by atoms with Crippen LogP contribution in [0.15, 0.2) is 66.9 Å². The van der Waals surface area contributed by atoms with Crippen LogP contribution < -0.4 is 14.8 Å². The quantitative estimate of drug-likeness (QED) is 0.575. The van der Waals surface area contributed by atoms with Gasteiger partial charge in [-0.3, -0.25) is 4.79 Å². The van der Waals surface area contributed by atoms with E-state index in [-0.39, 0.29) is 36.8 Å². The second kappa shape index (κ2) is 9.37. The Labute approximate surface area is 185 Å². The van der Waals surface area contributed by atoms with Crippen LogP contribution >= 0.6 is 0 Å². The number of para-hydroxylation sites is 2. The second-order valence-electron chi connectivity index (χ2n) is 7.73. The van der Waals surface area contributed by atoms with Gasteiger partial charge in [0.2, 0.25) is 0 Å². The maximum absolute atomic E-state index is 12.3. The van der Waals surface area contributed by atoms with E-state index >= 15 is 0 Å². The zero-order valence-corrected chi connectivity index (χ0v) is 17.4. The zero-order valence-electron chi connectivity index (χ0n) is 17.4. The zero-order chi connectivity index (χ0) is 21.8. The lowest BCUT2D eigenvalue weighted by atomic mass is 10.1. The lowest BCUT2D eigenvalue weighted by molar-refractivity contribution is -0.124. The molecule has 2 aromatic carbocycles. The molecule has 4 unspecified atom stereocenters. The Morgan fingerprint density at radius 3 is 2.41 bits per heavy atom. The van der Waals surface area contributed by atoms with Crippen LogP contribution in [-0.4, -0.2) is 59.0 Å². The van der Waals surface area contributed by atoms with Crippen molar-refractivity contribution in [2.24, 2.45) is 0 Å². The molecule has 3 heterocycles. The molecule has 2 aliphatic rings. The highest BCUT2D eigenvalue weighted by Crippen LogP contribution is 2.34. The van der Waals surface area contributed by atoms with Crippen LogP contribution in [0.25, 0.3) is 0 Å². The molecule has 2 saturated heterocycles. The van der Waals surface area contributed by atoms with Crippen LogP contribution in [0.5, 0.6) is 11.5 Å².